The fourth-order valence-electron chi connectivity index (χ4n) is 0.878. The van der Waals surface area contributed by atoms with Crippen LogP contribution in [0.2, 0.25) is 0 Å². The van der Waals surface area contributed by atoms with Gasteiger partial charge in [0.1, 0.15) is 0 Å². The molecule has 66 valence electrons. The molecule has 0 bridgehead atoms. The van der Waals surface area contributed by atoms with E-state index in [2.05, 4.69) is 19.2 Å². The highest BCUT2D eigenvalue weighted by molar-refractivity contribution is 5.74. The lowest BCUT2D eigenvalue weighted by atomic mass is 10.0. The molecule has 1 unspecified atom stereocenters. The molecule has 0 aromatic heterocycles. The van der Waals surface area contributed by atoms with Crippen molar-refractivity contribution in [2.75, 3.05) is 6.54 Å². The Hall–Kier alpha value is -0.730. The molecule has 4 N–H and O–H groups in total. The van der Waals surface area contributed by atoms with Crippen LogP contribution in [0.25, 0.3) is 0 Å². The molecule has 0 aromatic rings. The molecule has 0 amide bonds. The van der Waals surface area contributed by atoms with E-state index >= 15 is 0 Å². The van der Waals surface area contributed by atoms with Crippen LogP contribution in [0.4, 0.5) is 0 Å². The largest absolute Gasteiger partial charge is 0.370 e. The highest BCUT2D eigenvalue weighted by Crippen LogP contribution is 2.07. The first-order valence-corrected chi connectivity index (χ1v) is 4.24. The first-order chi connectivity index (χ1) is 5.16. The van der Waals surface area contributed by atoms with Crippen molar-refractivity contribution in [2.24, 2.45) is 11.7 Å². The Morgan fingerprint density at radius 1 is 1.64 bits per heavy atom. The molecule has 0 aliphatic carbocycles. The lowest BCUT2D eigenvalue weighted by molar-refractivity contribution is 0.493. The van der Waals surface area contributed by atoms with Gasteiger partial charge in [0.25, 0.3) is 0 Å². The van der Waals surface area contributed by atoms with Crippen molar-refractivity contribution in [3.8, 4) is 0 Å². The molecule has 0 heterocycles. The normalized spacial score (nSPS) is 12.5. The van der Waals surface area contributed by atoms with Gasteiger partial charge in [0.2, 0.25) is 0 Å². The van der Waals surface area contributed by atoms with Gasteiger partial charge in [-0.2, -0.15) is 0 Å². The monoisotopic (exact) mass is 157 g/mol. The molecule has 0 fully saturated rings. The van der Waals surface area contributed by atoms with E-state index in [4.69, 9.17) is 11.1 Å². The maximum absolute atomic E-state index is 6.89. The maximum atomic E-state index is 6.89. The summed E-state index contributed by atoms with van der Waals surface area (Å²) in [6.07, 6.45) is 3.56. The maximum Gasteiger partial charge on any atom is 0.185 e. The van der Waals surface area contributed by atoms with Crippen molar-refractivity contribution in [1.29, 1.82) is 5.41 Å². The van der Waals surface area contributed by atoms with E-state index in [1.54, 1.807) is 0 Å². The van der Waals surface area contributed by atoms with E-state index in [1.165, 1.54) is 12.8 Å². The summed E-state index contributed by atoms with van der Waals surface area (Å²) in [5.41, 5.74) is 5.11. The molecule has 0 aliphatic heterocycles. The molecule has 0 saturated heterocycles. The summed E-state index contributed by atoms with van der Waals surface area (Å²) in [5, 5.41) is 9.68. The van der Waals surface area contributed by atoms with Gasteiger partial charge in [-0.3, -0.25) is 5.41 Å². The van der Waals surface area contributed by atoms with Crippen LogP contribution in [0.5, 0.6) is 0 Å². The summed E-state index contributed by atoms with van der Waals surface area (Å²) in [6.45, 7) is 5.27. The highest BCUT2D eigenvalue weighted by Gasteiger charge is 1.97. The zero-order valence-corrected chi connectivity index (χ0v) is 7.48. The fourth-order valence-corrected chi connectivity index (χ4v) is 0.878. The Labute approximate surface area is 68.9 Å². The molecule has 0 radical (unpaired) electrons. The number of nitrogens with one attached hydrogen (secondary N) is 2. The van der Waals surface area contributed by atoms with Gasteiger partial charge < -0.3 is 11.1 Å². The number of rotatable bonds is 5. The van der Waals surface area contributed by atoms with Gasteiger partial charge in [-0.15, -0.1) is 0 Å². The van der Waals surface area contributed by atoms with Crippen molar-refractivity contribution in [3.05, 3.63) is 0 Å². The SMILES string of the molecule is CCC(C)CCCNC(=N)N. The minimum absolute atomic E-state index is 0.0779. The lowest BCUT2D eigenvalue weighted by Crippen LogP contribution is -2.31. The average molecular weight is 157 g/mol. The van der Waals surface area contributed by atoms with Crippen LogP contribution in [0.1, 0.15) is 33.1 Å². The van der Waals surface area contributed by atoms with Crippen molar-refractivity contribution >= 4 is 5.96 Å². The van der Waals surface area contributed by atoms with Gasteiger partial charge in [-0.05, 0) is 18.8 Å². The second-order valence-corrected chi connectivity index (χ2v) is 3.00. The summed E-state index contributed by atoms with van der Waals surface area (Å²) < 4.78 is 0. The van der Waals surface area contributed by atoms with Crippen LogP contribution in [0.3, 0.4) is 0 Å². The molecular formula is C8H19N3. The van der Waals surface area contributed by atoms with E-state index in [1.807, 2.05) is 0 Å². The molecule has 1 atom stereocenters. The van der Waals surface area contributed by atoms with E-state index < -0.39 is 0 Å². The molecule has 0 spiro atoms. The molecule has 3 nitrogen and oxygen atoms in total. The Balaban J connectivity index is 3.08. The van der Waals surface area contributed by atoms with Crippen LogP contribution in [0, 0.1) is 11.3 Å². The van der Waals surface area contributed by atoms with Crippen molar-refractivity contribution in [3.63, 3.8) is 0 Å². The lowest BCUT2D eigenvalue weighted by Gasteiger charge is -2.07. The topological polar surface area (TPSA) is 61.9 Å². The summed E-state index contributed by atoms with van der Waals surface area (Å²) in [5.74, 6) is 0.873. The minimum atomic E-state index is 0.0779. The molecule has 0 rings (SSSR count). The molecule has 0 saturated carbocycles. The fraction of sp³-hybridized carbons (Fsp3) is 0.875. The second kappa shape index (κ2) is 6.01. The van der Waals surface area contributed by atoms with Gasteiger partial charge >= 0.3 is 0 Å². The van der Waals surface area contributed by atoms with Gasteiger partial charge in [-0.25, -0.2) is 0 Å². The van der Waals surface area contributed by atoms with Gasteiger partial charge in [0.15, 0.2) is 5.96 Å². The van der Waals surface area contributed by atoms with Crippen LogP contribution in [0.15, 0.2) is 0 Å². The average Bonchev–Trinajstić information content (AvgIpc) is 1.97. The third-order valence-corrected chi connectivity index (χ3v) is 1.89. The smallest absolute Gasteiger partial charge is 0.185 e. The number of nitrogens with two attached hydrogens (primary N) is 1. The number of hydrogen-bond donors (Lipinski definition) is 3. The van der Waals surface area contributed by atoms with Crippen molar-refractivity contribution in [2.45, 2.75) is 33.1 Å². The van der Waals surface area contributed by atoms with Crippen molar-refractivity contribution < 1.29 is 0 Å². The van der Waals surface area contributed by atoms with Crippen LogP contribution in [-0.4, -0.2) is 12.5 Å². The highest BCUT2D eigenvalue weighted by atomic mass is 15.0. The Morgan fingerprint density at radius 3 is 2.73 bits per heavy atom. The zero-order valence-electron chi connectivity index (χ0n) is 7.48. The molecule has 0 aliphatic rings. The summed E-state index contributed by atoms with van der Waals surface area (Å²) in [6, 6.07) is 0. The number of hydrogen-bond acceptors (Lipinski definition) is 1. The molecule has 3 heteroatoms. The summed E-state index contributed by atoms with van der Waals surface area (Å²) in [7, 11) is 0. The number of guanidine groups is 1. The van der Waals surface area contributed by atoms with Gasteiger partial charge in [-0.1, -0.05) is 20.3 Å². The quantitative estimate of drug-likeness (QED) is 0.320. The van der Waals surface area contributed by atoms with E-state index in [0.29, 0.717) is 0 Å². The van der Waals surface area contributed by atoms with E-state index in [0.717, 1.165) is 18.9 Å². The minimum Gasteiger partial charge on any atom is -0.370 e. The molecular weight excluding hydrogens is 138 g/mol. The standard InChI is InChI=1S/C8H19N3/c1-3-7(2)5-4-6-11-8(9)10/h7H,3-6H2,1-2H3,(H4,9,10,11). The third kappa shape index (κ3) is 7.16. The first-order valence-electron chi connectivity index (χ1n) is 4.24. The van der Waals surface area contributed by atoms with E-state index in [-0.39, 0.29) is 5.96 Å². The molecule has 0 aromatic carbocycles. The summed E-state index contributed by atoms with van der Waals surface area (Å²) >= 11 is 0. The predicted octanol–water partition coefficient (Wildman–Crippen LogP) is 1.30. The molecule has 11 heavy (non-hydrogen) atoms. The van der Waals surface area contributed by atoms with Crippen LogP contribution < -0.4 is 11.1 Å². The summed E-state index contributed by atoms with van der Waals surface area (Å²) in [4.78, 5) is 0. The van der Waals surface area contributed by atoms with E-state index in [9.17, 15) is 0 Å². The first kappa shape index (κ1) is 10.3. The predicted molar refractivity (Wildman–Crippen MR) is 48.6 cm³/mol. The Kier molecular flexibility index (Phi) is 5.61. The second-order valence-electron chi connectivity index (χ2n) is 3.00. The van der Waals surface area contributed by atoms with Gasteiger partial charge in [0.05, 0.1) is 0 Å². The van der Waals surface area contributed by atoms with Gasteiger partial charge in [0, 0.05) is 6.54 Å². The van der Waals surface area contributed by atoms with Crippen LogP contribution >= 0.6 is 0 Å². The zero-order chi connectivity index (χ0) is 8.69. The van der Waals surface area contributed by atoms with Crippen molar-refractivity contribution in [1.82, 2.24) is 5.32 Å². The van der Waals surface area contributed by atoms with Crippen LogP contribution in [-0.2, 0) is 0 Å². The Morgan fingerprint density at radius 2 is 2.27 bits per heavy atom. The third-order valence-electron chi connectivity index (χ3n) is 1.89. The Bertz CT molecular complexity index is 112.